The minimum Gasteiger partial charge on any atom is -0.394 e. The summed E-state index contributed by atoms with van der Waals surface area (Å²) in [5.74, 6) is 0.309. The molecule has 5 atom stereocenters. The maximum atomic E-state index is 9.91. The summed E-state index contributed by atoms with van der Waals surface area (Å²) in [6.07, 6.45) is -2.09. The van der Waals surface area contributed by atoms with E-state index in [-0.39, 0.29) is 17.5 Å². The summed E-state index contributed by atoms with van der Waals surface area (Å²) in [5.41, 5.74) is 6.21. The van der Waals surface area contributed by atoms with Gasteiger partial charge in [0.15, 0.2) is 0 Å². The number of rotatable bonds is 2. The lowest BCUT2D eigenvalue weighted by atomic mass is 9.95. The second-order valence-corrected chi connectivity index (χ2v) is 4.90. The van der Waals surface area contributed by atoms with Gasteiger partial charge >= 0.3 is 0 Å². The second-order valence-electron chi connectivity index (χ2n) is 4.51. The Morgan fingerprint density at radius 3 is 2.67 bits per heavy atom. The maximum absolute atomic E-state index is 9.91. The number of thiocarbonyl (C=S) groups is 1. The Morgan fingerprint density at radius 1 is 1.44 bits per heavy atom. The molecule has 2 rings (SSSR count). The summed E-state index contributed by atoms with van der Waals surface area (Å²) >= 11 is 5.09. The van der Waals surface area contributed by atoms with Crippen LogP contribution in [-0.2, 0) is 4.74 Å². The fraction of sp³-hybridized carbons (Fsp3) is 0.636. The Kier molecular flexibility index (Phi) is 3.79. The van der Waals surface area contributed by atoms with Gasteiger partial charge in [0.25, 0.3) is 0 Å². The van der Waals surface area contributed by atoms with Crippen LogP contribution in [0, 0.1) is 5.92 Å². The number of dihydropyridines is 1. The molecule has 18 heavy (non-hydrogen) atoms. The zero-order valence-corrected chi connectivity index (χ0v) is 10.7. The van der Waals surface area contributed by atoms with Crippen molar-refractivity contribution in [3.8, 4) is 0 Å². The highest BCUT2D eigenvalue weighted by Gasteiger charge is 2.45. The number of aliphatic hydroxyl groups is 3. The molecule has 0 amide bonds. The van der Waals surface area contributed by atoms with Gasteiger partial charge in [-0.05, 0) is 0 Å². The largest absolute Gasteiger partial charge is 0.394 e. The first-order chi connectivity index (χ1) is 8.45. The van der Waals surface area contributed by atoms with Crippen molar-refractivity contribution in [1.82, 2.24) is 0 Å². The van der Waals surface area contributed by atoms with Crippen molar-refractivity contribution in [3.05, 3.63) is 11.6 Å². The van der Waals surface area contributed by atoms with E-state index in [1.165, 1.54) is 0 Å². The average molecular weight is 272 g/mol. The van der Waals surface area contributed by atoms with E-state index in [4.69, 9.17) is 27.8 Å². The molecule has 1 fully saturated rings. The fourth-order valence-corrected chi connectivity index (χ4v) is 2.37. The van der Waals surface area contributed by atoms with E-state index in [0.717, 1.165) is 0 Å². The third-order valence-corrected chi connectivity index (χ3v) is 3.55. The second kappa shape index (κ2) is 5.02. The molecule has 7 heteroatoms. The molecule has 2 aliphatic rings. The summed E-state index contributed by atoms with van der Waals surface area (Å²) < 4.78 is 5.41. The number of aliphatic hydroxyl groups excluding tert-OH is 3. The van der Waals surface area contributed by atoms with Crippen LogP contribution in [-0.4, -0.2) is 57.2 Å². The first-order valence-corrected chi connectivity index (χ1v) is 6.09. The molecule has 0 spiro atoms. The Morgan fingerprint density at radius 2 is 2.11 bits per heavy atom. The molecule has 0 aromatic heterocycles. The van der Waals surface area contributed by atoms with Crippen LogP contribution in [0.5, 0.6) is 0 Å². The number of amidine groups is 1. The van der Waals surface area contributed by atoms with Gasteiger partial charge in [0.2, 0.25) is 0 Å². The van der Waals surface area contributed by atoms with Crippen LogP contribution in [0.1, 0.15) is 6.92 Å². The number of aliphatic imine (C=N–C) groups is 1. The van der Waals surface area contributed by atoms with Crippen LogP contribution >= 0.6 is 12.2 Å². The van der Waals surface area contributed by atoms with Gasteiger partial charge in [0.1, 0.15) is 35.2 Å². The lowest BCUT2D eigenvalue weighted by molar-refractivity contribution is -0.0131. The van der Waals surface area contributed by atoms with Gasteiger partial charge in [0, 0.05) is 11.5 Å². The quantitative estimate of drug-likeness (QED) is 0.467. The van der Waals surface area contributed by atoms with Crippen LogP contribution in [0.3, 0.4) is 0 Å². The molecule has 6 nitrogen and oxygen atoms in total. The van der Waals surface area contributed by atoms with E-state index < -0.39 is 24.4 Å². The summed E-state index contributed by atoms with van der Waals surface area (Å²) in [7, 11) is 0. The van der Waals surface area contributed by atoms with Crippen molar-refractivity contribution in [3.63, 3.8) is 0 Å². The van der Waals surface area contributed by atoms with Crippen LogP contribution < -0.4 is 5.73 Å². The highest BCUT2D eigenvalue weighted by molar-refractivity contribution is 7.80. The van der Waals surface area contributed by atoms with Gasteiger partial charge in [-0.2, -0.15) is 0 Å². The molecule has 1 unspecified atom stereocenters. The molecule has 0 radical (unpaired) electrons. The Bertz CT molecular complexity index is 423. The molecule has 2 heterocycles. The van der Waals surface area contributed by atoms with Crippen LogP contribution in [0.4, 0.5) is 0 Å². The zero-order chi connectivity index (χ0) is 13.4. The van der Waals surface area contributed by atoms with Gasteiger partial charge in [-0.15, -0.1) is 0 Å². The number of nitrogens with zero attached hydrogens (tertiary/aromatic N) is 1. The topological polar surface area (TPSA) is 108 Å². The number of hydrogen-bond donors (Lipinski definition) is 4. The maximum Gasteiger partial charge on any atom is 0.133 e. The highest BCUT2D eigenvalue weighted by Crippen LogP contribution is 2.29. The third-order valence-electron chi connectivity index (χ3n) is 3.22. The van der Waals surface area contributed by atoms with Crippen molar-refractivity contribution >= 4 is 23.0 Å². The first-order valence-electron chi connectivity index (χ1n) is 5.68. The zero-order valence-electron chi connectivity index (χ0n) is 9.85. The first kappa shape index (κ1) is 13.6. The number of ether oxygens (including phenoxy) is 1. The molecular weight excluding hydrogens is 256 g/mol. The van der Waals surface area contributed by atoms with Crippen molar-refractivity contribution in [2.24, 2.45) is 16.6 Å². The molecule has 0 saturated carbocycles. The minimum atomic E-state index is -1.14. The average Bonchev–Trinajstić information content (AvgIpc) is 2.61. The molecule has 0 aromatic rings. The molecule has 0 aliphatic carbocycles. The minimum absolute atomic E-state index is 0.104. The van der Waals surface area contributed by atoms with Gasteiger partial charge < -0.3 is 25.8 Å². The van der Waals surface area contributed by atoms with E-state index in [1.54, 1.807) is 6.08 Å². The van der Waals surface area contributed by atoms with Gasteiger partial charge in [0.05, 0.1) is 6.61 Å². The molecule has 2 aliphatic heterocycles. The van der Waals surface area contributed by atoms with Gasteiger partial charge in [-0.3, -0.25) is 0 Å². The Labute approximate surface area is 110 Å². The van der Waals surface area contributed by atoms with Gasteiger partial charge in [-0.25, -0.2) is 4.99 Å². The summed E-state index contributed by atoms with van der Waals surface area (Å²) in [5, 5.41) is 28.6. The van der Waals surface area contributed by atoms with E-state index in [1.807, 2.05) is 6.92 Å². The highest BCUT2D eigenvalue weighted by atomic mass is 32.1. The molecule has 100 valence electrons. The van der Waals surface area contributed by atoms with E-state index in [2.05, 4.69) is 4.99 Å². The van der Waals surface area contributed by atoms with Crippen molar-refractivity contribution in [2.75, 3.05) is 6.61 Å². The SMILES string of the molecule is CC1C=C([C@@H]2O[C@H](CO)[C@@H](O)[C@H]2O)C(=S)N=C1N. The van der Waals surface area contributed by atoms with E-state index in [0.29, 0.717) is 11.4 Å². The summed E-state index contributed by atoms with van der Waals surface area (Å²) in [4.78, 5) is 4.27. The Balaban J connectivity index is 2.23. The molecule has 5 N–H and O–H groups in total. The monoisotopic (exact) mass is 272 g/mol. The van der Waals surface area contributed by atoms with Gasteiger partial charge in [-0.1, -0.05) is 25.2 Å². The predicted molar refractivity (Wildman–Crippen MR) is 69.2 cm³/mol. The van der Waals surface area contributed by atoms with Crippen molar-refractivity contribution < 1.29 is 20.1 Å². The standard InChI is InChI=1S/C11H16N2O4S/c1-4-2-5(11(18)13-10(4)12)9-8(16)7(15)6(3-14)17-9/h2,4,6-9,14-16H,3H2,1H3,(H2,12,13,18)/t4?,6-,7-,8-,9+/m1/s1. The molecule has 0 aromatic carbocycles. The molecular formula is C11H16N2O4S. The number of hydrogen-bond acceptors (Lipinski definition) is 6. The summed E-state index contributed by atoms with van der Waals surface area (Å²) in [6.45, 7) is 1.48. The van der Waals surface area contributed by atoms with E-state index in [9.17, 15) is 10.2 Å². The van der Waals surface area contributed by atoms with Crippen LogP contribution in [0.15, 0.2) is 16.6 Å². The van der Waals surface area contributed by atoms with E-state index >= 15 is 0 Å². The van der Waals surface area contributed by atoms with Crippen LogP contribution in [0.25, 0.3) is 0 Å². The number of nitrogens with two attached hydrogens (primary N) is 1. The Hall–Kier alpha value is -0.860. The lowest BCUT2D eigenvalue weighted by Crippen LogP contribution is -2.37. The third kappa shape index (κ3) is 2.19. The lowest BCUT2D eigenvalue weighted by Gasteiger charge is -2.23. The molecule has 1 saturated heterocycles. The fourth-order valence-electron chi connectivity index (χ4n) is 2.08. The molecule has 0 bridgehead atoms. The van der Waals surface area contributed by atoms with Crippen LogP contribution in [0.2, 0.25) is 0 Å². The van der Waals surface area contributed by atoms with Crippen molar-refractivity contribution in [2.45, 2.75) is 31.3 Å². The smallest absolute Gasteiger partial charge is 0.133 e. The summed E-state index contributed by atoms with van der Waals surface area (Å²) in [6, 6.07) is 0. The van der Waals surface area contributed by atoms with Crippen molar-refractivity contribution in [1.29, 1.82) is 0 Å². The normalized spacial score (nSPS) is 40.7. The predicted octanol–water partition coefficient (Wildman–Crippen LogP) is -1.27.